The van der Waals surface area contributed by atoms with Crippen LogP contribution in [0.1, 0.15) is 11.1 Å². The molecule has 2 heterocycles. The summed E-state index contributed by atoms with van der Waals surface area (Å²) in [7, 11) is 0. The Labute approximate surface area is 97.7 Å². The number of anilines is 1. The minimum atomic E-state index is 0.296. The maximum Gasteiger partial charge on any atom is 0.159 e. The van der Waals surface area contributed by atoms with Gasteiger partial charge in [-0.25, -0.2) is 0 Å². The maximum absolute atomic E-state index is 5.57. The van der Waals surface area contributed by atoms with Crippen molar-refractivity contribution in [3.05, 3.63) is 42.0 Å². The molecule has 0 bridgehead atoms. The smallest absolute Gasteiger partial charge is 0.159 e. The van der Waals surface area contributed by atoms with Gasteiger partial charge in [0.2, 0.25) is 0 Å². The van der Waals surface area contributed by atoms with Gasteiger partial charge in [0, 0.05) is 12.1 Å². The van der Waals surface area contributed by atoms with E-state index < -0.39 is 0 Å². The SMILES string of the molecule is NC(=S)c1ccnnc1NCc1ccoc1. The molecule has 2 rings (SSSR count). The van der Waals surface area contributed by atoms with Crippen molar-refractivity contribution < 1.29 is 4.42 Å². The van der Waals surface area contributed by atoms with Crippen LogP contribution in [0, 0.1) is 0 Å². The summed E-state index contributed by atoms with van der Waals surface area (Å²) in [6.07, 6.45) is 4.82. The zero-order valence-electron chi connectivity index (χ0n) is 8.38. The Morgan fingerprint density at radius 3 is 3.06 bits per heavy atom. The van der Waals surface area contributed by atoms with E-state index in [-0.39, 0.29) is 0 Å². The summed E-state index contributed by atoms with van der Waals surface area (Å²) >= 11 is 4.92. The zero-order valence-corrected chi connectivity index (χ0v) is 9.20. The molecule has 0 aliphatic heterocycles. The summed E-state index contributed by atoms with van der Waals surface area (Å²) in [5, 5.41) is 10.8. The molecule has 82 valence electrons. The number of thiocarbonyl (C=S) groups is 1. The van der Waals surface area contributed by atoms with Gasteiger partial charge in [0.25, 0.3) is 0 Å². The highest BCUT2D eigenvalue weighted by Gasteiger charge is 2.06. The Kier molecular flexibility index (Phi) is 3.11. The predicted molar refractivity (Wildman–Crippen MR) is 64.0 cm³/mol. The molecule has 6 heteroatoms. The third-order valence-corrected chi connectivity index (χ3v) is 2.25. The highest BCUT2D eigenvalue weighted by atomic mass is 32.1. The van der Waals surface area contributed by atoms with Gasteiger partial charge >= 0.3 is 0 Å². The first kappa shape index (κ1) is 10.6. The van der Waals surface area contributed by atoms with Crippen molar-refractivity contribution in [1.29, 1.82) is 0 Å². The lowest BCUT2D eigenvalue weighted by Gasteiger charge is -2.07. The molecule has 0 aliphatic rings. The molecule has 0 amide bonds. The van der Waals surface area contributed by atoms with Crippen molar-refractivity contribution in [2.75, 3.05) is 5.32 Å². The third-order valence-electron chi connectivity index (χ3n) is 2.03. The van der Waals surface area contributed by atoms with Crippen molar-refractivity contribution in [2.24, 2.45) is 5.73 Å². The van der Waals surface area contributed by atoms with Gasteiger partial charge in [0.1, 0.15) is 4.99 Å². The van der Waals surface area contributed by atoms with E-state index in [1.165, 1.54) is 0 Å². The Balaban J connectivity index is 2.12. The molecule has 2 aromatic heterocycles. The van der Waals surface area contributed by atoms with Crippen molar-refractivity contribution in [3.8, 4) is 0 Å². The number of rotatable bonds is 4. The molecule has 2 aromatic rings. The van der Waals surface area contributed by atoms with Crippen molar-refractivity contribution in [2.45, 2.75) is 6.54 Å². The minimum Gasteiger partial charge on any atom is -0.472 e. The van der Waals surface area contributed by atoms with Gasteiger partial charge in [0.15, 0.2) is 5.82 Å². The number of hydrogen-bond donors (Lipinski definition) is 2. The number of nitrogens with two attached hydrogens (primary N) is 1. The number of nitrogens with one attached hydrogen (secondary N) is 1. The topological polar surface area (TPSA) is 77.0 Å². The Morgan fingerprint density at radius 2 is 2.38 bits per heavy atom. The molecule has 0 unspecified atom stereocenters. The lowest BCUT2D eigenvalue weighted by molar-refractivity contribution is 0.564. The molecule has 0 aliphatic carbocycles. The van der Waals surface area contributed by atoms with Gasteiger partial charge in [0.05, 0.1) is 24.3 Å². The summed E-state index contributed by atoms with van der Waals surface area (Å²) in [4.78, 5) is 0.296. The number of aromatic nitrogens is 2. The van der Waals surface area contributed by atoms with Crippen LogP contribution in [0.25, 0.3) is 0 Å². The normalized spacial score (nSPS) is 10.0. The van der Waals surface area contributed by atoms with Gasteiger partial charge in [-0.05, 0) is 12.1 Å². The Morgan fingerprint density at radius 1 is 1.50 bits per heavy atom. The van der Waals surface area contributed by atoms with Crippen molar-refractivity contribution >= 4 is 23.0 Å². The van der Waals surface area contributed by atoms with Gasteiger partial charge < -0.3 is 15.5 Å². The van der Waals surface area contributed by atoms with Crippen LogP contribution in [0.4, 0.5) is 5.82 Å². The monoisotopic (exact) mass is 234 g/mol. The molecule has 5 nitrogen and oxygen atoms in total. The Bertz CT molecular complexity index is 483. The third kappa shape index (κ3) is 2.34. The van der Waals surface area contributed by atoms with E-state index in [0.717, 1.165) is 5.56 Å². The second-order valence-corrected chi connectivity index (χ2v) is 3.58. The van der Waals surface area contributed by atoms with Gasteiger partial charge in [-0.2, -0.15) is 5.10 Å². The molecular formula is C10H10N4OS. The zero-order chi connectivity index (χ0) is 11.4. The average Bonchev–Trinajstić information content (AvgIpc) is 2.79. The summed E-state index contributed by atoms with van der Waals surface area (Å²) in [5.74, 6) is 0.580. The van der Waals surface area contributed by atoms with E-state index in [4.69, 9.17) is 22.4 Å². The fraction of sp³-hybridized carbons (Fsp3) is 0.100. The Hall–Kier alpha value is -1.95. The van der Waals surface area contributed by atoms with Crippen LogP contribution in [-0.4, -0.2) is 15.2 Å². The summed E-state index contributed by atoms with van der Waals surface area (Å²) in [6, 6.07) is 3.59. The van der Waals surface area contributed by atoms with Crippen LogP contribution >= 0.6 is 12.2 Å². The molecule has 3 N–H and O–H groups in total. The fourth-order valence-corrected chi connectivity index (χ4v) is 1.40. The average molecular weight is 234 g/mol. The van der Waals surface area contributed by atoms with E-state index >= 15 is 0 Å². The largest absolute Gasteiger partial charge is 0.472 e. The van der Waals surface area contributed by atoms with Crippen molar-refractivity contribution in [1.82, 2.24) is 10.2 Å². The fourth-order valence-electron chi connectivity index (χ4n) is 1.24. The summed E-state index contributed by atoms with van der Waals surface area (Å²) < 4.78 is 4.95. The van der Waals surface area contributed by atoms with Crippen LogP contribution < -0.4 is 11.1 Å². The van der Waals surface area contributed by atoms with E-state index in [9.17, 15) is 0 Å². The molecule has 0 aromatic carbocycles. The quantitative estimate of drug-likeness (QED) is 0.777. The van der Waals surface area contributed by atoms with Gasteiger partial charge in [-0.15, -0.1) is 5.10 Å². The predicted octanol–water partition coefficient (Wildman–Crippen LogP) is 1.32. The van der Waals surface area contributed by atoms with Crippen molar-refractivity contribution in [3.63, 3.8) is 0 Å². The molecule has 0 saturated carbocycles. The lowest BCUT2D eigenvalue weighted by atomic mass is 10.2. The van der Waals surface area contributed by atoms with Crippen LogP contribution in [0.15, 0.2) is 35.3 Å². The molecule has 0 atom stereocenters. The molecule has 0 saturated heterocycles. The number of hydrogen-bond acceptors (Lipinski definition) is 5. The summed E-state index contributed by atoms with van der Waals surface area (Å²) in [6.45, 7) is 0.588. The lowest BCUT2D eigenvalue weighted by Crippen LogP contribution is -2.14. The van der Waals surface area contributed by atoms with Crippen LogP contribution in [-0.2, 0) is 6.54 Å². The van der Waals surface area contributed by atoms with Gasteiger partial charge in [-0.3, -0.25) is 0 Å². The first-order chi connectivity index (χ1) is 7.77. The van der Waals surface area contributed by atoms with E-state index in [1.54, 1.807) is 24.8 Å². The molecule has 0 fully saturated rings. The minimum absolute atomic E-state index is 0.296. The van der Waals surface area contributed by atoms with Crippen LogP contribution in [0.5, 0.6) is 0 Å². The molecule has 0 radical (unpaired) electrons. The highest BCUT2D eigenvalue weighted by molar-refractivity contribution is 7.80. The van der Waals surface area contributed by atoms with Crippen LogP contribution in [0.2, 0.25) is 0 Å². The maximum atomic E-state index is 5.57. The number of furan rings is 1. The second kappa shape index (κ2) is 4.71. The molecular weight excluding hydrogens is 224 g/mol. The number of nitrogens with zero attached hydrogens (tertiary/aromatic N) is 2. The summed E-state index contributed by atoms with van der Waals surface area (Å²) in [5.41, 5.74) is 7.27. The first-order valence-corrected chi connectivity index (χ1v) is 5.04. The van der Waals surface area contributed by atoms with E-state index in [1.807, 2.05) is 6.07 Å². The molecule has 16 heavy (non-hydrogen) atoms. The molecule has 0 spiro atoms. The van der Waals surface area contributed by atoms with E-state index in [2.05, 4.69) is 15.5 Å². The first-order valence-electron chi connectivity index (χ1n) is 4.64. The van der Waals surface area contributed by atoms with Crippen LogP contribution in [0.3, 0.4) is 0 Å². The second-order valence-electron chi connectivity index (χ2n) is 3.14. The highest BCUT2D eigenvalue weighted by Crippen LogP contribution is 2.11. The van der Waals surface area contributed by atoms with Gasteiger partial charge in [-0.1, -0.05) is 12.2 Å². The standard InChI is InChI=1S/C10H10N4OS/c11-9(16)8-1-3-13-14-10(8)12-5-7-2-4-15-6-7/h1-4,6H,5H2,(H2,11,16)(H,12,14). The van der Waals surface area contributed by atoms with E-state index in [0.29, 0.717) is 22.9 Å².